The maximum absolute atomic E-state index is 5.92. The molecule has 0 radical (unpaired) electrons. The van der Waals surface area contributed by atoms with Gasteiger partial charge in [0.2, 0.25) is 0 Å². The minimum absolute atomic E-state index is 0.624. The van der Waals surface area contributed by atoms with Crippen LogP contribution in [0.5, 0.6) is 5.75 Å². The van der Waals surface area contributed by atoms with Gasteiger partial charge >= 0.3 is 0 Å². The number of hydrogen-bond donors (Lipinski definition) is 1. The molecule has 2 aromatic heterocycles. The first-order valence-electron chi connectivity index (χ1n) is 8.30. The number of nitrogens with one attached hydrogen (secondary N) is 1. The zero-order valence-electron chi connectivity index (χ0n) is 15.2. The van der Waals surface area contributed by atoms with Gasteiger partial charge in [0.05, 0.1) is 11.6 Å². The number of rotatable bonds is 7. The lowest BCUT2D eigenvalue weighted by Gasteiger charge is -2.15. The van der Waals surface area contributed by atoms with E-state index in [9.17, 15) is 0 Å². The molecule has 0 amide bonds. The van der Waals surface area contributed by atoms with Gasteiger partial charge in [-0.05, 0) is 27.1 Å². The van der Waals surface area contributed by atoms with Crippen molar-refractivity contribution in [2.75, 3.05) is 32.6 Å². The van der Waals surface area contributed by atoms with E-state index in [0.717, 1.165) is 34.7 Å². The molecule has 0 unspecified atom stereocenters. The predicted molar refractivity (Wildman–Crippen MR) is 98.9 cm³/mol. The summed E-state index contributed by atoms with van der Waals surface area (Å²) in [6, 6.07) is 8.06. The van der Waals surface area contributed by atoms with E-state index in [1.54, 1.807) is 10.9 Å². The third kappa shape index (κ3) is 4.06. The Morgan fingerprint density at radius 3 is 2.80 bits per heavy atom. The Kier molecular flexibility index (Phi) is 5.14. The number of ether oxygens (including phenoxy) is 1. The van der Waals surface area contributed by atoms with E-state index >= 15 is 0 Å². The first-order valence-corrected chi connectivity index (χ1v) is 8.30. The Morgan fingerprint density at radius 2 is 2.00 bits per heavy atom. The minimum Gasteiger partial charge on any atom is -0.492 e. The molecule has 0 saturated carbocycles. The fourth-order valence-corrected chi connectivity index (χ4v) is 2.57. The molecular weight excluding hydrogens is 316 g/mol. The molecule has 0 aliphatic rings. The van der Waals surface area contributed by atoms with E-state index in [4.69, 9.17) is 4.74 Å². The molecule has 3 rings (SSSR count). The van der Waals surface area contributed by atoms with Crippen LogP contribution >= 0.6 is 0 Å². The van der Waals surface area contributed by atoms with Gasteiger partial charge in [-0.1, -0.05) is 18.2 Å². The fraction of sp³-hybridized carbons (Fsp3) is 0.389. The maximum Gasteiger partial charge on any atom is 0.163 e. The normalized spacial score (nSPS) is 11.2. The zero-order valence-corrected chi connectivity index (χ0v) is 15.2. The summed E-state index contributed by atoms with van der Waals surface area (Å²) in [6.07, 6.45) is 1.79. The van der Waals surface area contributed by atoms with E-state index in [1.165, 1.54) is 0 Å². The summed E-state index contributed by atoms with van der Waals surface area (Å²) in [6.45, 7) is 4.04. The van der Waals surface area contributed by atoms with Crippen LogP contribution in [0.2, 0.25) is 0 Å². The second kappa shape index (κ2) is 7.48. The molecule has 2 heterocycles. The van der Waals surface area contributed by atoms with E-state index in [1.807, 2.05) is 46.3 Å². The Labute approximate surface area is 147 Å². The first kappa shape index (κ1) is 17.2. The van der Waals surface area contributed by atoms with Gasteiger partial charge in [0.15, 0.2) is 5.65 Å². The molecule has 7 heteroatoms. The molecule has 3 aromatic rings. The number of aromatic nitrogens is 4. The minimum atomic E-state index is 0.624. The highest BCUT2D eigenvalue weighted by atomic mass is 16.5. The Morgan fingerprint density at radius 1 is 1.20 bits per heavy atom. The standard InChI is InChI=1S/C18H24N6O/c1-13-21-17(15-12-20-24(4)18(15)22-13)19-11-14-7-5-6-8-16(14)25-10-9-23(2)3/h5-8,12H,9-11H2,1-4H3,(H,19,21,22). The quantitative estimate of drug-likeness (QED) is 0.711. The van der Waals surface area contributed by atoms with Crippen LogP contribution in [-0.4, -0.2) is 51.9 Å². The van der Waals surface area contributed by atoms with Crippen molar-refractivity contribution in [1.29, 1.82) is 0 Å². The summed E-state index contributed by atoms with van der Waals surface area (Å²) in [5.41, 5.74) is 1.92. The Hall–Kier alpha value is -2.67. The average molecular weight is 340 g/mol. The fourth-order valence-electron chi connectivity index (χ4n) is 2.57. The second-order valence-electron chi connectivity index (χ2n) is 6.24. The number of fused-ring (bicyclic) bond motifs is 1. The monoisotopic (exact) mass is 340 g/mol. The number of benzene rings is 1. The molecule has 0 aliphatic carbocycles. The van der Waals surface area contributed by atoms with Crippen molar-refractivity contribution >= 4 is 16.9 Å². The van der Waals surface area contributed by atoms with Crippen molar-refractivity contribution in [3.05, 3.63) is 41.9 Å². The summed E-state index contributed by atoms with van der Waals surface area (Å²) in [4.78, 5) is 11.1. The van der Waals surface area contributed by atoms with Gasteiger partial charge in [-0.2, -0.15) is 5.10 Å². The molecule has 132 valence electrons. The van der Waals surface area contributed by atoms with Crippen molar-refractivity contribution in [2.45, 2.75) is 13.5 Å². The number of hydrogen-bond acceptors (Lipinski definition) is 6. The van der Waals surface area contributed by atoms with Gasteiger partial charge < -0.3 is 15.0 Å². The highest BCUT2D eigenvalue weighted by molar-refractivity contribution is 5.86. The van der Waals surface area contributed by atoms with Gasteiger partial charge in [0, 0.05) is 25.7 Å². The van der Waals surface area contributed by atoms with Crippen LogP contribution in [0.15, 0.2) is 30.5 Å². The van der Waals surface area contributed by atoms with Crippen molar-refractivity contribution in [3.8, 4) is 5.75 Å². The van der Waals surface area contributed by atoms with Gasteiger partial charge in [0.25, 0.3) is 0 Å². The molecule has 25 heavy (non-hydrogen) atoms. The van der Waals surface area contributed by atoms with Gasteiger partial charge in [0.1, 0.15) is 24.0 Å². The van der Waals surface area contributed by atoms with Crippen LogP contribution < -0.4 is 10.1 Å². The Balaban J connectivity index is 1.76. The lowest BCUT2D eigenvalue weighted by Crippen LogP contribution is -2.19. The number of nitrogens with zero attached hydrogens (tertiary/aromatic N) is 5. The first-order chi connectivity index (χ1) is 12.0. The maximum atomic E-state index is 5.92. The van der Waals surface area contributed by atoms with Crippen molar-refractivity contribution in [3.63, 3.8) is 0 Å². The molecule has 0 saturated heterocycles. The van der Waals surface area contributed by atoms with Gasteiger partial charge in [-0.15, -0.1) is 0 Å². The summed E-state index contributed by atoms with van der Waals surface area (Å²) in [5.74, 6) is 2.40. The molecule has 0 atom stereocenters. The lowest BCUT2D eigenvalue weighted by atomic mass is 10.2. The smallest absolute Gasteiger partial charge is 0.163 e. The number of anilines is 1. The number of likely N-dealkylation sites (N-methyl/N-ethyl adjacent to an activating group) is 1. The average Bonchev–Trinajstić information content (AvgIpc) is 2.94. The molecule has 0 bridgehead atoms. The Bertz CT molecular complexity index is 858. The second-order valence-corrected chi connectivity index (χ2v) is 6.24. The molecule has 7 nitrogen and oxygen atoms in total. The molecule has 0 aliphatic heterocycles. The van der Waals surface area contributed by atoms with E-state index in [-0.39, 0.29) is 0 Å². The van der Waals surface area contributed by atoms with Gasteiger partial charge in [-0.25, -0.2) is 9.97 Å². The third-order valence-corrected chi connectivity index (χ3v) is 3.92. The van der Waals surface area contributed by atoms with Crippen LogP contribution in [-0.2, 0) is 13.6 Å². The highest BCUT2D eigenvalue weighted by Crippen LogP contribution is 2.23. The van der Waals surface area contributed by atoms with E-state index in [2.05, 4.69) is 31.3 Å². The predicted octanol–water partition coefficient (Wildman–Crippen LogP) is 2.22. The SMILES string of the molecule is Cc1nc(NCc2ccccc2OCCN(C)C)c2cnn(C)c2n1. The highest BCUT2D eigenvalue weighted by Gasteiger charge is 2.10. The summed E-state index contributed by atoms with van der Waals surface area (Å²) >= 11 is 0. The van der Waals surface area contributed by atoms with Crippen LogP contribution in [0.1, 0.15) is 11.4 Å². The van der Waals surface area contributed by atoms with E-state index < -0.39 is 0 Å². The lowest BCUT2D eigenvalue weighted by molar-refractivity contribution is 0.259. The van der Waals surface area contributed by atoms with Crippen LogP contribution in [0.3, 0.4) is 0 Å². The molecule has 0 fully saturated rings. The zero-order chi connectivity index (χ0) is 17.8. The van der Waals surface area contributed by atoms with Crippen molar-refractivity contribution < 1.29 is 4.74 Å². The summed E-state index contributed by atoms with van der Waals surface area (Å²) < 4.78 is 7.68. The summed E-state index contributed by atoms with van der Waals surface area (Å²) in [5, 5.41) is 8.59. The van der Waals surface area contributed by atoms with Crippen LogP contribution in [0, 0.1) is 6.92 Å². The third-order valence-electron chi connectivity index (χ3n) is 3.92. The van der Waals surface area contributed by atoms with E-state index in [0.29, 0.717) is 19.0 Å². The molecule has 1 N–H and O–H groups in total. The van der Waals surface area contributed by atoms with Crippen molar-refractivity contribution in [1.82, 2.24) is 24.6 Å². The molecule has 1 aromatic carbocycles. The summed E-state index contributed by atoms with van der Waals surface area (Å²) in [7, 11) is 5.95. The van der Waals surface area contributed by atoms with Crippen LogP contribution in [0.25, 0.3) is 11.0 Å². The largest absolute Gasteiger partial charge is 0.492 e. The molecule has 0 spiro atoms. The van der Waals surface area contributed by atoms with Crippen molar-refractivity contribution in [2.24, 2.45) is 7.05 Å². The number of para-hydroxylation sites is 1. The topological polar surface area (TPSA) is 68.1 Å². The number of aryl methyl sites for hydroxylation is 2. The van der Waals surface area contributed by atoms with Crippen LogP contribution in [0.4, 0.5) is 5.82 Å². The molecular formula is C18H24N6O. The van der Waals surface area contributed by atoms with Gasteiger partial charge in [-0.3, -0.25) is 4.68 Å².